The van der Waals surface area contributed by atoms with E-state index >= 15 is 0 Å². The molecular weight excluding hydrogens is 258 g/mol. The Bertz CT molecular complexity index is 719. The summed E-state index contributed by atoms with van der Waals surface area (Å²) < 4.78 is 11.2. The van der Waals surface area contributed by atoms with Crippen LogP contribution < -0.4 is 10.5 Å². The summed E-state index contributed by atoms with van der Waals surface area (Å²) in [5.74, 6) is 2.39. The maximum Gasteiger partial charge on any atom is 0.239 e. The highest BCUT2D eigenvalue weighted by atomic mass is 16.5. The lowest BCUT2D eigenvalue weighted by Crippen LogP contribution is -1.95. The normalized spacial score (nSPS) is 10.7. The molecule has 0 aromatic carbocycles. The third-order valence-electron chi connectivity index (χ3n) is 2.66. The molecule has 3 heterocycles. The summed E-state index contributed by atoms with van der Waals surface area (Å²) in [7, 11) is 0. The summed E-state index contributed by atoms with van der Waals surface area (Å²) in [5, 5.41) is 6.47. The number of pyridine rings is 1. The summed E-state index contributed by atoms with van der Waals surface area (Å²) in [6.45, 7) is 2.44. The lowest BCUT2D eigenvalue weighted by molar-refractivity contribution is 0.327. The molecule has 0 radical (unpaired) electrons. The van der Waals surface area contributed by atoms with E-state index in [-0.39, 0.29) is 5.95 Å². The van der Waals surface area contributed by atoms with Crippen molar-refractivity contribution in [2.45, 2.75) is 6.92 Å². The Morgan fingerprint density at radius 3 is 2.90 bits per heavy atom. The Kier molecular flexibility index (Phi) is 3.08. The van der Waals surface area contributed by atoms with Gasteiger partial charge in [-0.05, 0) is 31.2 Å². The quantitative estimate of drug-likeness (QED) is 0.753. The highest BCUT2D eigenvalue weighted by Gasteiger charge is 2.14. The highest BCUT2D eigenvalue weighted by molar-refractivity contribution is 5.66. The molecule has 0 aliphatic heterocycles. The number of rotatable bonds is 4. The molecule has 3 aromatic rings. The number of nitrogen functional groups attached to an aromatic ring is 1. The number of hydrogen-bond acceptors (Lipinski definition) is 6. The van der Waals surface area contributed by atoms with Gasteiger partial charge < -0.3 is 14.9 Å². The van der Waals surface area contributed by atoms with Gasteiger partial charge >= 0.3 is 0 Å². The van der Waals surface area contributed by atoms with Gasteiger partial charge in [-0.2, -0.15) is 4.98 Å². The number of ether oxygens (including phenoxy) is 1. The van der Waals surface area contributed by atoms with E-state index in [1.165, 1.54) is 0 Å². The molecule has 3 rings (SSSR count). The number of aromatic amines is 1. The van der Waals surface area contributed by atoms with Crippen molar-refractivity contribution in [3.8, 4) is 28.8 Å². The van der Waals surface area contributed by atoms with Gasteiger partial charge in [0.2, 0.25) is 11.8 Å². The van der Waals surface area contributed by atoms with Crippen LogP contribution in [0, 0.1) is 0 Å². The predicted molar refractivity (Wildman–Crippen MR) is 72.9 cm³/mol. The number of H-pyrrole nitrogens is 1. The number of nitrogens with zero attached hydrogens (tertiary/aromatic N) is 3. The van der Waals surface area contributed by atoms with Crippen LogP contribution in [0.4, 0.5) is 5.95 Å². The Labute approximate surface area is 114 Å². The van der Waals surface area contributed by atoms with Gasteiger partial charge in [-0.1, -0.05) is 0 Å². The number of aromatic nitrogens is 4. The zero-order valence-corrected chi connectivity index (χ0v) is 10.8. The molecule has 0 atom stereocenters. The fourth-order valence-electron chi connectivity index (χ4n) is 1.82. The van der Waals surface area contributed by atoms with E-state index in [0.29, 0.717) is 29.8 Å². The molecule has 7 nitrogen and oxygen atoms in total. The maximum atomic E-state index is 5.75. The molecular formula is C13H13N5O2. The summed E-state index contributed by atoms with van der Waals surface area (Å²) in [6, 6.07) is 7.33. The standard InChI is InChI=1S/C13H13N5O2/c1-2-19-12-8(4-3-7-15-12)9-5-6-10(20-9)11-16-13(14)18-17-11/h3-7H,2H2,1H3,(H3,14,16,17,18). The topological polar surface area (TPSA) is 103 Å². The largest absolute Gasteiger partial charge is 0.477 e. The summed E-state index contributed by atoms with van der Waals surface area (Å²) in [6.07, 6.45) is 1.68. The molecule has 0 fully saturated rings. The first-order valence-corrected chi connectivity index (χ1v) is 6.14. The Balaban J connectivity index is 1.98. The van der Waals surface area contributed by atoms with Gasteiger partial charge in [-0.15, -0.1) is 5.10 Å². The van der Waals surface area contributed by atoms with Gasteiger partial charge in [0.05, 0.1) is 12.2 Å². The zero-order chi connectivity index (χ0) is 13.9. The minimum atomic E-state index is 0.175. The third-order valence-corrected chi connectivity index (χ3v) is 2.66. The van der Waals surface area contributed by atoms with Crippen LogP contribution in [0.5, 0.6) is 5.88 Å². The van der Waals surface area contributed by atoms with E-state index in [2.05, 4.69) is 20.2 Å². The monoisotopic (exact) mass is 271 g/mol. The van der Waals surface area contributed by atoms with E-state index in [9.17, 15) is 0 Å². The molecule has 0 spiro atoms. The molecule has 102 valence electrons. The summed E-state index contributed by atoms with van der Waals surface area (Å²) in [5.41, 5.74) is 6.26. The summed E-state index contributed by atoms with van der Waals surface area (Å²) >= 11 is 0. The maximum absolute atomic E-state index is 5.75. The number of nitrogens with one attached hydrogen (secondary N) is 1. The molecule has 20 heavy (non-hydrogen) atoms. The first-order chi connectivity index (χ1) is 9.78. The lowest BCUT2D eigenvalue weighted by atomic mass is 10.2. The molecule has 7 heteroatoms. The molecule has 0 bridgehead atoms. The predicted octanol–water partition coefficient (Wildman–Crippen LogP) is 2.11. The van der Waals surface area contributed by atoms with E-state index < -0.39 is 0 Å². The minimum absolute atomic E-state index is 0.175. The molecule has 0 unspecified atom stereocenters. The smallest absolute Gasteiger partial charge is 0.239 e. The molecule has 3 aromatic heterocycles. The van der Waals surface area contributed by atoms with Gasteiger partial charge in [0, 0.05) is 6.20 Å². The molecule has 0 saturated heterocycles. The summed E-state index contributed by atoms with van der Waals surface area (Å²) in [4.78, 5) is 8.21. The second-order valence-corrected chi connectivity index (χ2v) is 4.00. The average molecular weight is 271 g/mol. The van der Waals surface area contributed by atoms with Crippen LogP contribution in [0.2, 0.25) is 0 Å². The van der Waals surface area contributed by atoms with E-state index in [0.717, 1.165) is 5.56 Å². The van der Waals surface area contributed by atoms with Crippen molar-refractivity contribution in [3.63, 3.8) is 0 Å². The van der Waals surface area contributed by atoms with Crippen molar-refractivity contribution < 1.29 is 9.15 Å². The first kappa shape index (κ1) is 12.2. The molecule has 3 N–H and O–H groups in total. The van der Waals surface area contributed by atoms with Gasteiger partial charge in [0.1, 0.15) is 5.76 Å². The van der Waals surface area contributed by atoms with Gasteiger partial charge in [-0.25, -0.2) is 4.98 Å². The highest BCUT2D eigenvalue weighted by Crippen LogP contribution is 2.31. The van der Waals surface area contributed by atoms with Crippen LogP contribution in [-0.4, -0.2) is 26.8 Å². The van der Waals surface area contributed by atoms with Crippen LogP contribution in [0.25, 0.3) is 22.9 Å². The number of anilines is 1. The number of nitrogens with two attached hydrogens (primary N) is 1. The number of hydrogen-bond donors (Lipinski definition) is 2. The fourth-order valence-corrected chi connectivity index (χ4v) is 1.82. The van der Waals surface area contributed by atoms with Crippen molar-refractivity contribution in [3.05, 3.63) is 30.5 Å². The van der Waals surface area contributed by atoms with Crippen molar-refractivity contribution in [2.24, 2.45) is 0 Å². The van der Waals surface area contributed by atoms with Gasteiger partial charge in [0.25, 0.3) is 0 Å². The van der Waals surface area contributed by atoms with Crippen LogP contribution in [0.15, 0.2) is 34.9 Å². The minimum Gasteiger partial charge on any atom is -0.477 e. The number of furan rings is 1. The van der Waals surface area contributed by atoms with Crippen LogP contribution in [-0.2, 0) is 0 Å². The lowest BCUT2D eigenvalue weighted by Gasteiger charge is -2.05. The van der Waals surface area contributed by atoms with Crippen molar-refractivity contribution in [1.82, 2.24) is 20.2 Å². The van der Waals surface area contributed by atoms with Crippen LogP contribution in [0.1, 0.15) is 6.92 Å². The Morgan fingerprint density at radius 2 is 2.15 bits per heavy atom. The SMILES string of the molecule is CCOc1ncccc1-c1ccc(-c2nc(N)n[nH]2)o1. The van der Waals surface area contributed by atoms with E-state index in [4.69, 9.17) is 14.9 Å². The van der Waals surface area contributed by atoms with E-state index in [1.807, 2.05) is 25.1 Å². The second kappa shape index (κ2) is 5.04. The van der Waals surface area contributed by atoms with Crippen molar-refractivity contribution in [2.75, 3.05) is 12.3 Å². The van der Waals surface area contributed by atoms with Crippen molar-refractivity contribution in [1.29, 1.82) is 0 Å². The second-order valence-electron chi connectivity index (χ2n) is 4.00. The Hall–Kier alpha value is -2.83. The average Bonchev–Trinajstić information content (AvgIpc) is 3.08. The zero-order valence-electron chi connectivity index (χ0n) is 10.8. The van der Waals surface area contributed by atoms with Crippen LogP contribution >= 0.6 is 0 Å². The molecule has 0 aliphatic rings. The molecule has 0 amide bonds. The fraction of sp³-hybridized carbons (Fsp3) is 0.154. The van der Waals surface area contributed by atoms with Gasteiger partial charge in [-0.3, -0.25) is 5.10 Å². The molecule has 0 aliphatic carbocycles. The van der Waals surface area contributed by atoms with Crippen LogP contribution in [0.3, 0.4) is 0 Å². The third kappa shape index (κ3) is 2.20. The van der Waals surface area contributed by atoms with Gasteiger partial charge in [0.15, 0.2) is 11.6 Å². The van der Waals surface area contributed by atoms with E-state index in [1.54, 1.807) is 12.3 Å². The van der Waals surface area contributed by atoms with Crippen molar-refractivity contribution >= 4 is 5.95 Å². The molecule has 0 saturated carbocycles. The Morgan fingerprint density at radius 1 is 1.30 bits per heavy atom. The first-order valence-electron chi connectivity index (χ1n) is 6.14.